The second-order valence-corrected chi connectivity index (χ2v) is 10.6. The summed E-state index contributed by atoms with van der Waals surface area (Å²) in [5, 5.41) is 6.46. The molecule has 5 heterocycles. The number of aromatic nitrogens is 3. The smallest absolute Gasteiger partial charge is 0.319 e. The van der Waals surface area contributed by atoms with Gasteiger partial charge in [0.05, 0.1) is 11.5 Å². The molecule has 7 nitrogen and oxygen atoms in total. The van der Waals surface area contributed by atoms with Crippen molar-refractivity contribution in [2.45, 2.75) is 43.9 Å². The van der Waals surface area contributed by atoms with Crippen LogP contribution in [0.5, 0.6) is 6.01 Å². The number of hydrogen-bond donors (Lipinski definition) is 1. The molecule has 0 amide bonds. The maximum atomic E-state index is 16.3. The summed E-state index contributed by atoms with van der Waals surface area (Å²) in [4.78, 5) is 16.1. The monoisotopic (exact) mass is 519 g/mol. The van der Waals surface area contributed by atoms with Crippen molar-refractivity contribution in [1.82, 2.24) is 20.3 Å². The maximum Gasteiger partial charge on any atom is 0.319 e. The average molecular weight is 520 g/mol. The molecule has 3 fully saturated rings. The van der Waals surface area contributed by atoms with Crippen LogP contribution in [0.15, 0.2) is 42.6 Å². The van der Waals surface area contributed by atoms with Crippen LogP contribution in [0.3, 0.4) is 0 Å². The quantitative estimate of drug-likeness (QED) is 0.391. The van der Waals surface area contributed by atoms with Crippen molar-refractivity contribution >= 4 is 39.1 Å². The number of rotatable bonds is 5. The van der Waals surface area contributed by atoms with Crippen molar-refractivity contribution in [2.75, 3.05) is 31.2 Å². The van der Waals surface area contributed by atoms with E-state index < -0.39 is 5.82 Å². The fourth-order valence-corrected chi connectivity index (χ4v) is 6.20. The number of nitrogens with one attached hydrogen (secondary N) is 1. The number of hydrogen-bond acceptors (Lipinski definition) is 7. The lowest BCUT2D eigenvalue weighted by atomic mass is 10.0. The van der Waals surface area contributed by atoms with Crippen molar-refractivity contribution in [1.29, 1.82) is 0 Å². The summed E-state index contributed by atoms with van der Waals surface area (Å²) in [5.74, 6) is 0.160. The number of benzene rings is 2. The molecule has 190 valence electrons. The molecule has 4 aromatic rings. The Morgan fingerprint density at radius 1 is 1.08 bits per heavy atom. The summed E-state index contributed by atoms with van der Waals surface area (Å²) in [6, 6.07) is 12.3. The number of piperazine rings is 1. The van der Waals surface area contributed by atoms with Gasteiger partial charge in [0.1, 0.15) is 23.6 Å². The van der Waals surface area contributed by atoms with Gasteiger partial charge in [-0.15, -0.1) is 0 Å². The van der Waals surface area contributed by atoms with Crippen molar-refractivity contribution in [3.8, 4) is 17.3 Å². The minimum absolute atomic E-state index is 0.00783. The molecule has 2 bridgehead atoms. The van der Waals surface area contributed by atoms with Crippen LogP contribution in [0.25, 0.3) is 32.9 Å². The Morgan fingerprint density at radius 3 is 2.68 bits per heavy atom. The Kier molecular flexibility index (Phi) is 5.83. The highest BCUT2D eigenvalue weighted by Gasteiger charge is 2.34. The van der Waals surface area contributed by atoms with E-state index in [4.69, 9.17) is 26.1 Å². The van der Waals surface area contributed by atoms with E-state index in [2.05, 4.69) is 20.2 Å². The zero-order valence-electron chi connectivity index (χ0n) is 20.3. The van der Waals surface area contributed by atoms with Crippen LogP contribution in [0, 0.1) is 5.82 Å². The van der Waals surface area contributed by atoms with Crippen LogP contribution in [0.4, 0.5) is 10.2 Å². The molecule has 0 saturated carbocycles. The third-order valence-corrected chi connectivity index (χ3v) is 8.01. The van der Waals surface area contributed by atoms with Gasteiger partial charge in [0.2, 0.25) is 0 Å². The number of halogens is 2. The average Bonchev–Trinajstić information content (AvgIpc) is 3.56. The number of ether oxygens (including phenoxy) is 2. The molecule has 3 aliphatic heterocycles. The first-order chi connectivity index (χ1) is 18.1. The molecule has 1 N–H and O–H groups in total. The number of fused-ring (bicyclic) bond motifs is 4. The molecular weight excluding hydrogens is 493 g/mol. The van der Waals surface area contributed by atoms with Gasteiger partial charge in [0.15, 0.2) is 5.82 Å². The topological polar surface area (TPSA) is 72.4 Å². The van der Waals surface area contributed by atoms with Gasteiger partial charge in [0.25, 0.3) is 0 Å². The maximum absolute atomic E-state index is 16.3. The molecule has 7 rings (SSSR count). The lowest BCUT2D eigenvalue weighted by molar-refractivity contribution is 0.0647. The van der Waals surface area contributed by atoms with E-state index >= 15 is 4.39 Å². The molecular formula is C28H27ClFN5O2. The van der Waals surface area contributed by atoms with E-state index in [1.54, 1.807) is 6.20 Å². The second kappa shape index (κ2) is 9.35. The predicted molar refractivity (Wildman–Crippen MR) is 142 cm³/mol. The minimum Gasteiger partial charge on any atom is -0.461 e. The molecule has 37 heavy (non-hydrogen) atoms. The third kappa shape index (κ3) is 4.17. The third-order valence-electron chi connectivity index (χ3n) is 7.69. The van der Waals surface area contributed by atoms with Gasteiger partial charge >= 0.3 is 6.01 Å². The van der Waals surface area contributed by atoms with Crippen molar-refractivity contribution < 1.29 is 13.9 Å². The Balaban J connectivity index is 1.36. The van der Waals surface area contributed by atoms with E-state index in [-0.39, 0.29) is 23.3 Å². The zero-order chi connectivity index (χ0) is 24.9. The van der Waals surface area contributed by atoms with Crippen LogP contribution in [0.2, 0.25) is 5.02 Å². The molecule has 0 unspecified atom stereocenters. The molecule has 9 heteroatoms. The predicted octanol–water partition coefficient (Wildman–Crippen LogP) is 5.14. The highest BCUT2D eigenvalue weighted by molar-refractivity contribution is 6.36. The van der Waals surface area contributed by atoms with Crippen molar-refractivity contribution in [2.24, 2.45) is 0 Å². The Bertz CT molecular complexity index is 1480. The van der Waals surface area contributed by atoms with Gasteiger partial charge < -0.3 is 19.7 Å². The number of pyridine rings is 1. The molecule has 2 aromatic carbocycles. The number of nitrogens with zero attached hydrogens (tertiary/aromatic N) is 4. The molecule has 0 spiro atoms. The molecule has 2 aromatic heterocycles. The molecule has 0 radical (unpaired) electrons. The van der Waals surface area contributed by atoms with E-state index in [0.717, 1.165) is 56.2 Å². The van der Waals surface area contributed by atoms with Gasteiger partial charge in [-0.25, -0.2) is 4.39 Å². The SMILES string of the molecule is Fc1c(-c2cccc3cccc(Cl)c23)ncc2c(N3C[C@H]4CC[C@@H](C3)N4)nc(OC[C@H]3CCCO3)nc12. The minimum atomic E-state index is -0.506. The highest BCUT2D eigenvalue weighted by Crippen LogP contribution is 2.38. The first-order valence-electron chi connectivity index (χ1n) is 12.9. The Labute approximate surface area is 219 Å². The van der Waals surface area contributed by atoms with Gasteiger partial charge in [-0.2, -0.15) is 9.97 Å². The Hall–Kier alpha value is -3.07. The van der Waals surface area contributed by atoms with Crippen LogP contribution < -0.4 is 15.0 Å². The summed E-state index contributed by atoms with van der Waals surface area (Å²) >= 11 is 6.55. The standard InChI is InChI=1S/C28H27ClFN5O2/c29-22-8-2-5-16-4-1-7-20(23(16)22)25-24(30)26-21(12-31-25)27(35-13-17-9-10-18(14-35)32-17)34-28(33-26)37-15-19-6-3-11-36-19/h1-2,4-5,7-8,12,17-19,32H,3,6,9-11,13-15H2/t17-,18+,19-/m1/s1. The molecule has 3 aliphatic rings. The largest absolute Gasteiger partial charge is 0.461 e. The summed E-state index contributed by atoms with van der Waals surface area (Å²) in [6.45, 7) is 2.68. The normalized spacial score (nSPS) is 23.3. The second-order valence-electron chi connectivity index (χ2n) is 10.1. The van der Waals surface area contributed by atoms with Crippen molar-refractivity contribution in [3.63, 3.8) is 0 Å². The summed E-state index contributed by atoms with van der Waals surface area (Å²) in [6.07, 6.45) is 5.90. The summed E-state index contributed by atoms with van der Waals surface area (Å²) in [7, 11) is 0. The van der Waals surface area contributed by atoms with E-state index in [0.29, 0.717) is 40.5 Å². The molecule has 3 saturated heterocycles. The van der Waals surface area contributed by atoms with Gasteiger partial charge in [0, 0.05) is 53.9 Å². The van der Waals surface area contributed by atoms with E-state index in [9.17, 15) is 0 Å². The van der Waals surface area contributed by atoms with Crippen LogP contribution in [-0.2, 0) is 4.74 Å². The van der Waals surface area contributed by atoms with Gasteiger partial charge in [-0.3, -0.25) is 4.98 Å². The lowest BCUT2D eigenvalue weighted by Crippen LogP contribution is -2.51. The number of anilines is 1. The van der Waals surface area contributed by atoms with E-state index in [1.807, 2.05) is 36.4 Å². The Morgan fingerprint density at radius 2 is 1.89 bits per heavy atom. The van der Waals surface area contributed by atoms with E-state index in [1.165, 1.54) is 0 Å². The molecule has 0 aliphatic carbocycles. The summed E-state index contributed by atoms with van der Waals surface area (Å²) < 4.78 is 28.0. The fourth-order valence-electron chi connectivity index (χ4n) is 5.92. The van der Waals surface area contributed by atoms with Gasteiger partial charge in [-0.05, 0) is 37.1 Å². The highest BCUT2D eigenvalue weighted by atomic mass is 35.5. The first kappa shape index (κ1) is 23.1. The van der Waals surface area contributed by atoms with Crippen LogP contribution >= 0.6 is 11.6 Å². The van der Waals surface area contributed by atoms with Crippen LogP contribution in [-0.4, -0.2) is 59.4 Å². The molecule has 3 atom stereocenters. The first-order valence-corrected chi connectivity index (χ1v) is 13.3. The fraction of sp³-hybridized carbons (Fsp3) is 0.393. The van der Waals surface area contributed by atoms with Gasteiger partial charge in [-0.1, -0.05) is 41.9 Å². The van der Waals surface area contributed by atoms with Crippen molar-refractivity contribution in [3.05, 3.63) is 53.4 Å². The summed E-state index contributed by atoms with van der Waals surface area (Å²) in [5.41, 5.74) is 1.04. The van der Waals surface area contributed by atoms with Crippen LogP contribution in [0.1, 0.15) is 25.7 Å². The zero-order valence-corrected chi connectivity index (χ0v) is 21.0. The lowest BCUT2D eigenvalue weighted by Gasteiger charge is -2.34.